The zero-order chi connectivity index (χ0) is 27.2. The summed E-state index contributed by atoms with van der Waals surface area (Å²) in [5, 5.41) is 8.71. The minimum Gasteiger partial charge on any atom is -0.474 e. The van der Waals surface area contributed by atoms with Gasteiger partial charge in [0, 0.05) is 28.0 Å². The van der Waals surface area contributed by atoms with Gasteiger partial charge in [-0.15, -0.1) is 0 Å². The highest BCUT2D eigenvalue weighted by Gasteiger charge is 2.23. The summed E-state index contributed by atoms with van der Waals surface area (Å²) in [6.45, 7) is 8.24. The Balaban J connectivity index is 1.50. The highest BCUT2D eigenvalue weighted by Crippen LogP contribution is 2.31. The zero-order valence-electron chi connectivity index (χ0n) is 21.9. The van der Waals surface area contributed by atoms with E-state index in [0.29, 0.717) is 33.2 Å². The van der Waals surface area contributed by atoms with Crippen molar-refractivity contribution in [3.8, 4) is 17.3 Å². The van der Waals surface area contributed by atoms with Gasteiger partial charge in [-0.3, -0.25) is 0 Å². The molecule has 0 unspecified atom stereocenters. The maximum Gasteiger partial charge on any atom is 0.228 e. The van der Waals surface area contributed by atoms with Crippen molar-refractivity contribution in [2.45, 2.75) is 63.5 Å². The molecule has 202 valence electrons. The van der Waals surface area contributed by atoms with Crippen LogP contribution in [-0.4, -0.2) is 45.8 Å². The fourth-order valence-electron chi connectivity index (χ4n) is 4.47. The van der Waals surface area contributed by atoms with Crippen LogP contribution >= 0.6 is 23.5 Å². The van der Waals surface area contributed by atoms with Gasteiger partial charge in [-0.1, -0.05) is 11.6 Å². The predicted octanol–water partition coefficient (Wildman–Crippen LogP) is 7.06. The molecule has 38 heavy (non-hydrogen) atoms. The molecule has 0 amide bonds. The number of nitrogens with one attached hydrogen (secondary N) is 2. The first-order chi connectivity index (χ1) is 18.2. The first-order valence-corrected chi connectivity index (χ1v) is 14.0. The third-order valence-electron chi connectivity index (χ3n) is 6.55. The molecule has 0 saturated carbocycles. The summed E-state index contributed by atoms with van der Waals surface area (Å²) < 4.78 is 23.5. The lowest BCUT2D eigenvalue weighted by Crippen LogP contribution is -2.36. The SMILES string of the molecule is CC(=N)c1c(N)nc(-c2ccc(NSc3cc(Cl)ccc3F)cc2)nc1OC1CCCN(C(C)C)CCC1. The average Bonchev–Trinajstić information content (AvgIpc) is 2.85. The Morgan fingerprint density at radius 1 is 1.16 bits per heavy atom. The molecular weight excluding hydrogens is 523 g/mol. The first-order valence-electron chi connectivity index (χ1n) is 12.8. The Bertz CT molecular complexity index is 1260. The summed E-state index contributed by atoms with van der Waals surface area (Å²) in [7, 11) is 0. The van der Waals surface area contributed by atoms with Gasteiger partial charge in [-0.05, 0) is 114 Å². The van der Waals surface area contributed by atoms with Gasteiger partial charge >= 0.3 is 0 Å². The maximum absolute atomic E-state index is 14.0. The first kappa shape index (κ1) is 28.1. The van der Waals surface area contributed by atoms with E-state index in [0.717, 1.165) is 62.0 Å². The minimum absolute atomic E-state index is 0.0139. The van der Waals surface area contributed by atoms with Crippen molar-refractivity contribution in [3.05, 3.63) is 58.9 Å². The van der Waals surface area contributed by atoms with Crippen molar-refractivity contribution in [1.82, 2.24) is 14.9 Å². The summed E-state index contributed by atoms with van der Waals surface area (Å²) in [6, 6.07) is 12.4. The van der Waals surface area contributed by atoms with Gasteiger partial charge in [0.25, 0.3) is 0 Å². The standard InChI is InChI=1S/C28H34ClFN6OS/c1-17(2)36-14-4-6-22(7-5-15-36)37-28-25(18(3)31)26(32)33-27(34-28)19-8-11-21(12-9-19)35-38-24-16-20(29)10-13-23(24)30/h8-13,16-17,22,31,35H,4-7,14-15H2,1-3H3,(H2,32,33,34). The van der Waals surface area contributed by atoms with Crippen molar-refractivity contribution in [1.29, 1.82) is 5.41 Å². The fraction of sp³-hybridized carbons (Fsp3) is 0.393. The van der Waals surface area contributed by atoms with E-state index >= 15 is 0 Å². The van der Waals surface area contributed by atoms with E-state index in [2.05, 4.69) is 28.5 Å². The van der Waals surface area contributed by atoms with Crippen LogP contribution in [-0.2, 0) is 0 Å². The Labute approximate surface area is 233 Å². The molecule has 0 radical (unpaired) electrons. The van der Waals surface area contributed by atoms with Crippen LogP contribution in [0.15, 0.2) is 47.4 Å². The number of nitrogens with two attached hydrogens (primary N) is 1. The number of hydrogen-bond donors (Lipinski definition) is 3. The van der Waals surface area contributed by atoms with E-state index in [1.165, 1.54) is 12.1 Å². The molecule has 0 spiro atoms. The average molecular weight is 557 g/mol. The molecule has 3 aromatic rings. The fourth-order valence-corrected chi connectivity index (χ4v) is 5.42. The van der Waals surface area contributed by atoms with Crippen LogP contribution < -0.4 is 15.2 Å². The van der Waals surface area contributed by atoms with E-state index in [1.807, 2.05) is 24.3 Å². The lowest BCUT2D eigenvalue weighted by atomic mass is 10.0. The van der Waals surface area contributed by atoms with Crippen molar-refractivity contribution in [3.63, 3.8) is 0 Å². The third-order valence-corrected chi connectivity index (χ3v) is 7.65. The number of rotatable bonds is 8. The van der Waals surface area contributed by atoms with E-state index in [9.17, 15) is 4.39 Å². The van der Waals surface area contributed by atoms with E-state index < -0.39 is 0 Å². The molecule has 1 fully saturated rings. The van der Waals surface area contributed by atoms with Crippen LogP contribution in [0.4, 0.5) is 15.9 Å². The van der Waals surface area contributed by atoms with Crippen molar-refractivity contribution in [2.24, 2.45) is 0 Å². The highest BCUT2D eigenvalue weighted by atomic mass is 35.5. The van der Waals surface area contributed by atoms with E-state index in [1.54, 1.807) is 13.0 Å². The lowest BCUT2D eigenvalue weighted by Gasteiger charge is -2.31. The molecule has 4 N–H and O–H groups in total. The van der Waals surface area contributed by atoms with Gasteiger partial charge in [0.2, 0.25) is 5.88 Å². The quantitative estimate of drug-likeness (QED) is 0.202. The molecule has 7 nitrogen and oxygen atoms in total. The second kappa shape index (κ2) is 12.8. The van der Waals surface area contributed by atoms with Gasteiger partial charge in [0.15, 0.2) is 5.82 Å². The van der Waals surface area contributed by atoms with Gasteiger partial charge in [0.05, 0.1) is 10.5 Å². The summed E-state index contributed by atoms with van der Waals surface area (Å²) >= 11 is 7.12. The van der Waals surface area contributed by atoms with Gasteiger partial charge < -0.3 is 25.5 Å². The summed E-state index contributed by atoms with van der Waals surface area (Å²) in [5.41, 5.74) is 8.54. The smallest absolute Gasteiger partial charge is 0.228 e. The Hall–Kier alpha value is -2.88. The Morgan fingerprint density at radius 2 is 1.84 bits per heavy atom. The van der Waals surface area contributed by atoms with Crippen LogP contribution in [0.2, 0.25) is 5.02 Å². The largest absolute Gasteiger partial charge is 0.474 e. The number of aromatic nitrogens is 2. The number of hydrogen-bond acceptors (Lipinski definition) is 8. The molecule has 1 aliphatic heterocycles. The zero-order valence-corrected chi connectivity index (χ0v) is 23.5. The van der Waals surface area contributed by atoms with Crippen molar-refractivity contribution < 1.29 is 9.13 Å². The minimum atomic E-state index is -0.344. The lowest BCUT2D eigenvalue weighted by molar-refractivity contribution is 0.123. The molecule has 0 bridgehead atoms. The second-order valence-corrected chi connectivity index (χ2v) is 11.0. The summed E-state index contributed by atoms with van der Waals surface area (Å²) in [4.78, 5) is 12.1. The second-order valence-electron chi connectivity index (χ2n) is 9.75. The Morgan fingerprint density at radius 3 is 2.47 bits per heavy atom. The van der Waals surface area contributed by atoms with Gasteiger partial charge in [-0.25, -0.2) is 9.37 Å². The molecular formula is C28H34ClFN6OS. The topological polar surface area (TPSA) is 100 Å². The highest BCUT2D eigenvalue weighted by molar-refractivity contribution is 8.00. The number of likely N-dealkylation sites (tertiary alicyclic amines) is 1. The van der Waals surface area contributed by atoms with Gasteiger partial charge in [0.1, 0.15) is 17.7 Å². The monoisotopic (exact) mass is 556 g/mol. The van der Waals surface area contributed by atoms with Crippen LogP contribution in [0.5, 0.6) is 5.88 Å². The van der Waals surface area contributed by atoms with Gasteiger partial charge in [-0.2, -0.15) is 4.98 Å². The number of ether oxygens (including phenoxy) is 1. The molecule has 0 aliphatic carbocycles. The van der Waals surface area contributed by atoms with Crippen LogP contribution in [0.25, 0.3) is 11.4 Å². The number of halogens is 2. The predicted molar refractivity (Wildman–Crippen MR) is 155 cm³/mol. The van der Waals surface area contributed by atoms with Crippen molar-refractivity contribution >= 4 is 40.8 Å². The number of nitrogens with zero attached hydrogens (tertiary/aromatic N) is 3. The van der Waals surface area contributed by atoms with Crippen LogP contribution in [0.1, 0.15) is 52.0 Å². The molecule has 2 aromatic carbocycles. The molecule has 1 saturated heterocycles. The number of anilines is 2. The van der Waals surface area contributed by atoms with E-state index in [4.69, 9.17) is 32.5 Å². The summed E-state index contributed by atoms with van der Waals surface area (Å²) in [6.07, 6.45) is 3.94. The normalized spacial score (nSPS) is 15.2. The number of nitrogen functional groups attached to an aromatic ring is 1. The molecule has 1 aliphatic rings. The molecule has 2 heterocycles. The van der Waals surface area contributed by atoms with Crippen LogP contribution in [0.3, 0.4) is 0 Å². The molecule has 4 rings (SSSR count). The third kappa shape index (κ3) is 7.15. The number of benzene rings is 2. The van der Waals surface area contributed by atoms with Crippen molar-refractivity contribution in [2.75, 3.05) is 23.5 Å². The summed E-state index contributed by atoms with van der Waals surface area (Å²) in [5.74, 6) is 0.673. The van der Waals surface area contributed by atoms with Crippen LogP contribution in [0, 0.1) is 11.2 Å². The molecule has 1 aromatic heterocycles. The van der Waals surface area contributed by atoms with E-state index in [-0.39, 0.29) is 23.5 Å². The molecule has 0 atom stereocenters. The maximum atomic E-state index is 14.0. The Kier molecular flexibility index (Phi) is 9.46. The molecule has 10 heteroatoms.